The van der Waals surface area contributed by atoms with E-state index in [0.717, 1.165) is 12.1 Å². The van der Waals surface area contributed by atoms with Crippen molar-refractivity contribution in [2.45, 2.75) is 33.6 Å². The van der Waals surface area contributed by atoms with Crippen molar-refractivity contribution in [1.29, 1.82) is 0 Å². The second-order valence-corrected chi connectivity index (χ2v) is 6.21. The van der Waals surface area contributed by atoms with Crippen molar-refractivity contribution in [1.82, 2.24) is 5.32 Å². The Morgan fingerprint density at radius 2 is 2.14 bits per heavy atom. The van der Waals surface area contributed by atoms with Crippen LogP contribution in [0.4, 0.5) is 0 Å². The molecule has 2 N–H and O–H groups in total. The number of aliphatic hydroxyl groups is 1. The molecule has 3 heteroatoms. The van der Waals surface area contributed by atoms with E-state index in [2.05, 4.69) is 31.0 Å². The summed E-state index contributed by atoms with van der Waals surface area (Å²) in [6, 6.07) is 5.61. The quantitative estimate of drug-likeness (QED) is 0.835. The minimum atomic E-state index is -0.203. The molecule has 1 fully saturated rings. The van der Waals surface area contributed by atoms with E-state index in [9.17, 15) is 4.79 Å². The van der Waals surface area contributed by atoms with Crippen LogP contribution in [0.15, 0.2) is 18.2 Å². The summed E-state index contributed by atoms with van der Waals surface area (Å²) in [4.78, 5) is 12.4. The average Bonchev–Trinajstić information content (AvgIpc) is 3.24. The van der Waals surface area contributed by atoms with Gasteiger partial charge in [-0.15, -0.1) is 0 Å². The third-order valence-corrected chi connectivity index (χ3v) is 4.44. The van der Waals surface area contributed by atoms with Gasteiger partial charge in [0.25, 0.3) is 5.91 Å². The fourth-order valence-electron chi connectivity index (χ4n) is 2.56. The molecule has 0 heterocycles. The minimum absolute atomic E-state index is 0.0761. The predicted molar refractivity (Wildman–Crippen MR) is 84.0 cm³/mol. The third-order valence-electron chi connectivity index (χ3n) is 4.44. The molecule has 0 aliphatic heterocycles. The zero-order valence-corrected chi connectivity index (χ0v) is 13.0. The highest BCUT2D eigenvalue weighted by atomic mass is 16.2. The lowest BCUT2D eigenvalue weighted by atomic mass is 9.92. The van der Waals surface area contributed by atoms with E-state index in [1.165, 1.54) is 12.8 Å². The Morgan fingerprint density at radius 3 is 2.71 bits per heavy atom. The Balaban J connectivity index is 2.13. The number of hydrogen-bond acceptors (Lipinski definition) is 2. The Morgan fingerprint density at radius 1 is 1.43 bits per heavy atom. The number of rotatable bonds is 4. The van der Waals surface area contributed by atoms with E-state index in [4.69, 9.17) is 5.11 Å². The molecule has 1 aliphatic carbocycles. The molecule has 3 nitrogen and oxygen atoms in total. The Bertz CT molecular complexity index is 589. The van der Waals surface area contributed by atoms with Crippen molar-refractivity contribution in [3.8, 4) is 11.8 Å². The van der Waals surface area contributed by atoms with Gasteiger partial charge in [-0.3, -0.25) is 4.79 Å². The summed E-state index contributed by atoms with van der Waals surface area (Å²) in [5, 5.41) is 11.9. The molecule has 1 saturated carbocycles. The summed E-state index contributed by atoms with van der Waals surface area (Å²) in [5.41, 5.74) is 2.58. The first kappa shape index (κ1) is 15.6. The summed E-state index contributed by atoms with van der Waals surface area (Å²) in [6.45, 7) is 6.90. The molecule has 0 saturated heterocycles. The van der Waals surface area contributed by atoms with Crippen molar-refractivity contribution < 1.29 is 9.90 Å². The first-order chi connectivity index (χ1) is 9.98. The van der Waals surface area contributed by atoms with Crippen LogP contribution in [0.2, 0.25) is 0 Å². The van der Waals surface area contributed by atoms with Crippen molar-refractivity contribution in [3.63, 3.8) is 0 Å². The fourth-order valence-corrected chi connectivity index (χ4v) is 2.56. The van der Waals surface area contributed by atoms with Crippen LogP contribution in [0.1, 0.15) is 48.2 Å². The Labute approximate surface area is 126 Å². The van der Waals surface area contributed by atoms with Crippen molar-refractivity contribution >= 4 is 5.91 Å². The van der Waals surface area contributed by atoms with Gasteiger partial charge in [0.05, 0.1) is 5.56 Å². The number of nitrogens with one attached hydrogen (secondary N) is 1. The van der Waals surface area contributed by atoms with Gasteiger partial charge >= 0.3 is 0 Å². The highest BCUT2D eigenvalue weighted by molar-refractivity contribution is 5.97. The Hall–Kier alpha value is -1.79. The van der Waals surface area contributed by atoms with Gasteiger partial charge in [-0.1, -0.05) is 37.3 Å². The van der Waals surface area contributed by atoms with E-state index in [-0.39, 0.29) is 17.9 Å². The van der Waals surface area contributed by atoms with Gasteiger partial charge in [-0.2, -0.15) is 0 Å². The molecule has 0 atom stereocenters. The number of aryl methyl sites for hydroxylation is 1. The number of carbonyl (C=O) groups is 1. The van der Waals surface area contributed by atoms with Gasteiger partial charge in [0, 0.05) is 12.1 Å². The molecule has 1 aromatic rings. The monoisotopic (exact) mass is 285 g/mol. The maximum Gasteiger partial charge on any atom is 0.252 e. The molecule has 1 amide bonds. The average molecular weight is 285 g/mol. The molecular formula is C18H23NO2. The molecule has 0 bridgehead atoms. The van der Waals surface area contributed by atoms with Gasteiger partial charge in [0.1, 0.15) is 6.61 Å². The van der Waals surface area contributed by atoms with Gasteiger partial charge in [0.15, 0.2) is 0 Å². The van der Waals surface area contributed by atoms with Crippen molar-refractivity contribution in [3.05, 3.63) is 34.9 Å². The van der Waals surface area contributed by atoms with Crippen LogP contribution in [-0.4, -0.2) is 24.2 Å². The summed E-state index contributed by atoms with van der Waals surface area (Å²) >= 11 is 0. The second kappa shape index (κ2) is 6.32. The molecule has 1 aliphatic rings. The van der Waals surface area contributed by atoms with E-state index in [1.807, 2.05) is 25.1 Å². The lowest BCUT2D eigenvalue weighted by molar-refractivity contribution is 0.0939. The lowest BCUT2D eigenvalue weighted by Gasteiger charge is -2.20. The molecule has 2 rings (SSSR count). The molecule has 0 spiro atoms. The highest BCUT2D eigenvalue weighted by Crippen LogP contribution is 2.51. The number of benzene rings is 1. The van der Waals surface area contributed by atoms with Crippen LogP contribution >= 0.6 is 0 Å². The molecule has 21 heavy (non-hydrogen) atoms. The maximum absolute atomic E-state index is 12.4. The Kier molecular flexibility index (Phi) is 4.69. The summed E-state index contributed by atoms with van der Waals surface area (Å²) < 4.78 is 0. The molecule has 1 aromatic carbocycles. The number of amides is 1. The van der Waals surface area contributed by atoms with Gasteiger partial charge in [-0.25, -0.2) is 0 Å². The molecule has 0 unspecified atom stereocenters. The highest BCUT2D eigenvalue weighted by Gasteiger charge is 2.45. The summed E-state index contributed by atoms with van der Waals surface area (Å²) in [5.74, 6) is 5.96. The SMILES string of the molecule is Cc1ccc(C#CCO)c(C(=O)NCC2(C(C)C)CC2)c1. The van der Waals surface area contributed by atoms with Crippen LogP contribution in [0, 0.1) is 30.1 Å². The summed E-state index contributed by atoms with van der Waals surface area (Å²) in [7, 11) is 0. The van der Waals surface area contributed by atoms with Gasteiger partial charge in [0.2, 0.25) is 0 Å². The number of carbonyl (C=O) groups excluding carboxylic acids is 1. The van der Waals surface area contributed by atoms with Crippen LogP contribution in [-0.2, 0) is 0 Å². The zero-order chi connectivity index (χ0) is 15.5. The topological polar surface area (TPSA) is 49.3 Å². The zero-order valence-electron chi connectivity index (χ0n) is 13.0. The molecule has 0 radical (unpaired) electrons. The van der Waals surface area contributed by atoms with E-state index < -0.39 is 0 Å². The molecule has 0 aromatic heterocycles. The maximum atomic E-state index is 12.4. The van der Waals surface area contributed by atoms with Gasteiger partial charge < -0.3 is 10.4 Å². The van der Waals surface area contributed by atoms with Crippen LogP contribution in [0.25, 0.3) is 0 Å². The van der Waals surface area contributed by atoms with E-state index in [1.54, 1.807) is 0 Å². The first-order valence-electron chi connectivity index (χ1n) is 7.47. The molecule has 112 valence electrons. The first-order valence-corrected chi connectivity index (χ1v) is 7.47. The van der Waals surface area contributed by atoms with Crippen LogP contribution in [0.5, 0.6) is 0 Å². The smallest absolute Gasteiger partial charge is 0.252 e. The van der Waals surface area contributed by atoms with E-state index >= 15 is 0 Å². The summed E-state index contributed by atoms with van der Waals surface area (Å²) in [6.07, 6.45) is 2.38. The standard InChI is InChI=1S/C18H23NO2/c1-13(2)18(8-9-18)12-19-17(21)16-11-14(3)6-7-15(16)5-4-10-20/h6-7,11,13,20H,8-10,12H2,1-3H3,(H,19,21). The van der Waals surface area contributed by atoms with E-state index in [0.29, 0.717) is 17.0 Å². The second-order valence-electron chi connectivity index (χ2n) is 6.21. The predicted octanol–water partition coefficient (Wildman–Crippen LogP) is 2.50. The number of hydrogen-bond donors (Lipinski definition) is 2. The normalized spacial score (nSPS) is 15.3. The van der Waals surface area contributed by atoms with Crippen molar-refractivity contribution in [2.75, 3.05) is 13.2 Å². The molecular weight excluding hydrogens is 262 g/mol. The largest absolute Gasteiger partial charge is 0.384 e. The van der Waals surface area contributed by atoms with Crippen LogP contribution < -0.4 is 5.32 Å². The number of aliphatic hydroxyl groups excluding tert-OH is 1. The van der Waals surface area contributed by atoms with Crippen molar-refractivity contribution in [2.24, 2.45) is 11.3 Å². The lowest BCUT2D eigenvalue weighted by Crippen LogP contribution is -2.33. The van der Waals surface area contributed by atoms with Gasteiger partial charge in [-0.05, 0) is 43.2 Å². The third kappa shape index (κ3) is 3.65. The fraction of sp³-hybridized carbons (Fsp3) is 0.500. The minimum Gasteiger partial charge on any atom is -0.384 e. The van der Waals surface area contributed by atoms with Crippen LogP contribution in [0.3, 0.4) is 0 Å².